The third kappa shape index (κ3) is 4.28. The highest BCUT2D eigenvalue weighted by molar-refractivity contribution is 9.10. The molecule has 1 aromatic heterocycles. The van der Waals surface area contributed by atoms with Crippen molar-refractivity contribution in [2.75, 3.05) is 5.32 Å². The highest BCUT2D eigenvalue weighted by atomic mass is 79.9. The number of carboxylic acid groups (broad SMARTS) is 1. The van der Waals surface area contributed by atoms with Crippen LogP contribution in [0.1, 0.15) is 15.9 Å². The van der Waals surface area contributed by atoms with Gasteiger partial charge in [-0.15, -0.1) is 0 Å². The topological polar surface area (TPSA) is 88.5 Å². The average molecular weight is 351 g/mol. The summed E-state index contributed by atoms with van der Waals surface area (Å²) in [7, 11) is 0. The van der Waals surface area contributed by atoms with E-state index in [9.17, 15) is 9.59 Å². The minimum absolute atomic E-state index is 0.0455. The highest BCUT2D eigenvalue weighted by Crippen LogP contribution is 2.18. The number of ether oxygens (including phenoxy) is 1. The fourth-order valence-electron chi connectivity index (χ4n) is 1.54. The first-order valence-corrected chi connectivity index (χ1v) is 6.72. The molecule has 2 aromatic rings. The lowest BCUT2D eigenvalue weighted by atomic mass is 10.2. The Balaban J connectivity index is 1.97. The Morgan fingerprint density at radius 2 is 2.00 bits per heavy atom. The molecule has 21 heavy (non-hydrogen) atoms. The number of hydrogen-bond donors (Lipinski definition) is 2. The van der Waals surface area contributed by atoms with Gasteiger partial charge in [-0.05, 0) is 27.6 Å². The Kier molecular flexibility index (Phi) is 4.89. The molecule has 0 atom stereocenters. The Bertz CT molecular complexity index is 661. The number of carboxylic acids is 1. The molecule has 1 aromatic carbocycles. The summed E-state index contributed by atoms with van der Waals surface area (Å²) in [4.78, 5) is 26.4. The fraction of sp³-hybridized carbons (Fsp3) is 0.0714. The standard InChI is InChI=1S/C14H11BrN2O4/c15-12-11(13(18)19)6-10(7-16-12)17-14(20)21-8-9-4-2-1-3-5-9/h1-7H,8H2,(H,17,20)(H,18,19). The van der Waals surface area contributed by atoms with Crippen LogP contribution in [0, 0.1) is 0 Å². The van der Waals surface area contributed by atoms with Crippen LogP contribution in [0.25, 0.3) is 0 Å². The van der Waals surface area contributed by atoms with Gasteiger partial charge in [0.05, 0.1) is 17.4 Å². The van der Waals surface area contributed by atoms with Gasteiger partial charge in [-0.25, -0.2) is 14.6 Å². The van der Waals surface area contributed by atoms with Crippen LogP contribution in [-0.4, -0.2) is 22.2 Å². The quantitative estimate of drug-likeness (QED) is 0.826. The van der Waals surface area contributed by atoms with E-state index in [1.54, 1.807) is 0 Å². The van der Waals surface area contributed by atoms with Crippen molar-refractivity contribution in [3.63, 3.8) is 0 Å². The van der Waals surface area contributed by atoms with E-state index in [-0.39, 0.29) is 22.5 Å². The minimum Gasteiger partial charge on any atom is -0.478 e. The van der Waals surface area contributed by atoms with E-state index in [0.717, 1.165) is 5.56 Å². The molecular formula is C14H11BrN2O4. The van der Waals surface area contributed by atoms with Crippen LogP contribution in [0.15, 0.2) is 47.2 Å². The lowest BCUT2D eigenvalue weighted by Gasteiger charge is -2.08. The zero-order valence-electron chi connectivity index (χ0n) is 10.7. The molecule has 2 N–H and O–H groups in total. The smallest absolute Gasteiger partial charge is 0.412 e. The zero-order chi connectivity index (χ0) is 15.2. The Morgan fingerprint density at radius 1 is 1.29 bits per heavy atom. The van der Waals surface area contributed by atoms with Gasteiger partial charge < -0.3 is 9.84 Å². The molecule has 7 heteroatoms. The van der Waals surface area contributed by atoms with Crippen molar-refractivity contribution < 1.29 is 19.4 Å². The molecule has 0 radical (unpaired) electrons. The van der Waals surface area contributed by atoms with E-state index in [1.807, 2.05) is 30.3 Å². The Labute approximate surface area is 128 Å². The number of carbonyl (C=O) groups excluding carboxylic acids is 1. The molecule has 108 valence electrons. The van der Waals surface area contributed by atoms with Crippen molar-refractivity contribution in [2.24, 2.45) is 0 Å². The molecule has 0 fully saturated rings. The van der Waals surface area contributed by atoms with Crippen molar-refractivity contribution in [3.05, 3.63) is 58.3 Å². The third-order valence-electron chi connectivity index (χ3n) is 2.53. The number of amides is 1. The van der Waals surface area contributed by atoms with Gasteiger partial charge in [0.25, 0.3) is 0 Å². The maximum Gasteiger partial charge on any atom is 0.412 e. The number of rotatable bonds is 4. The van der Waals surface area contributed by atoms with Crippen LogP contribution < -0.4 is 5.32 Å². The monoisotopic (exact) mass is 350 g/mol. The molecule has 6 nitrogen and oxygen atoms in total. The summed E-state index contributed by atoms with van der Waals surface area (Å²) in [5.41, 5.74) is 1.05. The molecule has 0 aliphatic carbocycles. The van der Waals surface area contributed by atoms with Gasteiger partial charge in [0.15, 0.2) is 0 Å². The summed E-state index contributed by atoms with van der Waals surface area (Å²) in [5, 5.41) is 11.4. The van der Waals surface area contributed by atoms with E-state index in [2.05, 4.69) is 26.2 Å². The molecule has 0 aliphatic rings. The number of halogens is 1. The fourth-order valence-corrected chi connectivity index (χ4v) is 1.93. The van der Waals surface area contributed by atoms with E-state index in [0.29, 0.717) is 0 Å². The largest absolute Gasteiger partial charge is 0.478 e. The number of hydrogen-bond acceptors (Lipinski definition) is 4. The predicted molar refractivity (Wildman–Crippen MR) is 79.1 cm³/mol. The van der Waals surface area contributed by atoms with Crippen LogP contribution >= 0.6 is 15.9 Å². The molecule has 0 bridgehead atoms. The molecule has 1 heterocycles. The van der Waals surface area contributed by atoms with Gasteiger partial charge in [-0.1, -0.05) is 30.3 Å². The number of nitrogens with one attached hydrogen (secondary N) is 1. The van der Waals surface area contributed by atoms with Crippen molar-refractivity contribution in [3.8, 4) is 0 Å². The number of carbonyl (C=O) groups is 2. The van der Waals surface area contributed by atoms with Crippen molar-refractivity contribution in [1.82, 2.24) is 4.98 Å². The number of pyridine rings is 1. The van der Waals surface area contributed by atoms with Gasteiger partial charge >= 0.3 is 12.1 Å². The third-order valence-corrected chi connectivity index (χ3v) is 3.16. The number of benzene rings is 1. The van der Waals surface area contributed by atoms with Gasteiger partial charge in [0, 0.05) is 0 Å². The van der Waals surface area contributed by atoms with Crippen LogP contribution in [0.2, 0.25) is 0 Å². The summed E-state index contributed by atoms with van der Waals surface area (Å²) in [5.74, 6) is -1.14. The summed E-state index contributed by atoms with van der Waals surface area (Å²) >= 11 is 3.02. The lowest BCUT2D eigenvalue weighted by molar-refractivity contribution is 0.0695. The van der Waals surface area contributed by atoms with E-state index in [1.165, 1.54) is 12.3 Å². The molecule has 0 unspecified atom stereocenters. The average Bonchev–Trinajstić information content (AvgIpc) is 2.48. The zero-order valence-corrected chi connectivity index (χ0v) is 12.3. The number of anilines is 1. The van der Waals surface area contributed by atoms with E-state index < -0.39 is 12.1 Å². The Hall–Kier alpha value is -2.41. The summed E-state index contributed by atoms with van der Waals surface area (Å²) < 4.78 is 5.22. The first-order valence-electron chi connectivity index (χ1n) is 5.93. The summed E-state index contributed by atoms with van der Waals surface area (Å²) in [6, 6.07) is 10.5. The lowest BCUT2D eigenvalue weighted by Crippen LogP contribution is -2.14. The number of aromatic nitrogens is 1. The SMILES string of the molecule is O=C(Nc1cnc(Br)c(C(=O)O)c1)OCc1ccccc1. The van der Waals surface area contributed by atoms with Crippen molar-refractivity contribution in [1.29, 1.82) is 0 Å². The molecule has 0 spiro atoms. The van der Waals surface area contributed by atoms with Gasteiger partial charge in [-0.2, -0.15) is 0 Å². The van der Waals surface area contributed by atoms with Crippen LogP contribution in [0.4, 0.5) is 10.5 Å². The number of nitrogens with zero attached hydrogens (tertiary/aromatic N) is 1. The molecule has 2 rings (SSSR count). The predicted octanol–water partition coefficient (Wildman–Crippen LogP) is 3.29. The Morgan fingerprint density at radius 3 is 2.67 bits per heavy atom. The van der Waals surface area contributed by atoms with Crippen LogP contribution in [0.3, 0.4) is 0 Å². The molecule has 0 aliphatic heterocycles. The normalized spacial score (nSPS) is 9.95. The van der Waals surface area contributed by atoms with Gasteiger partial charge in [0.2, 0.25) is 0 Å². The first kappa shape index (κ1) is 15.0. The molecule has 0 saturated heterocycles. The maximum absolute atomic E-state index is 11.6. The van der Waals surface area contributed by atoms with Gasteiger partial charge in [0.1, 0.15) is 11.2 Å². The van der Waals surface area contributed by atoms with Crippen molar-refractivity contribution >= 4 is 33.7 Å². The van der Waals surface area contributed by atoms with E-state index in [4.69, 9.17) is 9.84 Å². The minimum atomic E-state index is -1.14. The van der Waals surface area contributed by atoms with Crippen LogP contribution in [0.5, 0.6) is 0 Å². The highest BCUT2D eigenvalue weighted by Gasteiger charge is 2.12. The molecule has 1 amide bonds. The first-order chi connectivity index (χ1) is 10.1. The number of aromatic carboxylic acids is 1. The van der Waals surface area contributed by atoms with Crippen LogP contribution in [-0.2, 0) is 11.3 Å². The summed E-state index contributed by atoms with van der Waals surface area (Å²) in [6.45, 7) is 0.127. The maximum atomic E-state index is 11.6. The summed E-state index contributed by atoms with van der Waals surface area (Å²) in [6.07, 6.45) is 0.652. The van der Waals surface area contributed by atoms with Crippen molar-refractivity contribution in [2.45, 2.75) is 6.61 Å². The van der Waals surface area contributed by atoms with Gasteiger partial charge in [-0.3, -0.25) is 5.32 Å². The second-order valence-electron chi connectivity index (χ2n) is 4.05. The van der Waals surface area contributed by atoms with E-state index >= 15 is 0 Å². The second kappa shape index (κ2) is 6.85. The molecule has 0 saturated carbocycles. The molecular weight excluding hydrogens is 340 g/mol. The second-order valence-corrected chi connectivity index (χ2v) is 4.81.